The first-order valence-electron chi connectivity index (χ1n) is 7.67. The van der Waals surface area contributed by atoms with Crippen LogP contribution in [0.1, 0.15) is 34.1 Å². The number of halogens is 2. The van der Waals surface area contributed by atoms with Crippen molar-refractivity contribution < 1.29 is 4.74 Å². The van der Waals surface area contributed by atoms with Gasteiger partial charge in [0, 0.05) is 11.8 Å². The number of ether oxygens (including phenoxy) is 1. The lowest BCUT2D eigenvalue weighted by molar-refractivity contribution is 0.153. The van der Waals surface area contributed by atoms with Crippen LogP contribution in [0.25, 0.3) is 11.3 Å². The first kappa shape index (κ1) is 18.0. The molecule has 5 heteroatoms. The Morgan fingerprint density at radius 2 is 1.91 bits per heavy atom. The van der Waals surface area contributed by atoms with Gasteiger partial charge < -0.3 is 4.74 Å². The summed E-state index contributed by atoms with van der Waals surface area (Å²) < 4.78 is 5.88. The molecule has 2 aromatic heterocycles. The Balaban J connectivity index is 2.11. The predicted molar refractivity (Wildman–Crippen MR) is 96.2 cm³/mol. The Labute approximate surface area is 148 Å². The zero-order chi connectivity index (χ0) is 17.0. The van der Waals surface area contributed by atoms with Crippen LogP contribution in [0.3, 0.4) is 0 Å². The third-order valence-corrected chi connectivity index (χ3v) is 3.92. The summed E-state index contributed by atoms with van der Waals surface area (Å²) in [5.41, 5.74) is 1.71. The molecule has 0 N–H and O–H groups in total. The van der Waals surface area contributed by atoms with Crippen LogP contribution < -0.4 is 4.74 Å². The highest BCUT2D eigenvalue weighted by molar-refractivity contribution is 6.32. The number of pyridine rings is 2. The summed E-state index contributed by atoms with van der Waals surface area (Å²) in [4.78, 5) is 8.38. The molecule has 0 radical (unpaired) electrons. The number of rotatable bonds is 6. The van der Waals surface area contributed by atoms with E-state index < -0.39 is 0 Å². The van der Waals surface area contributed by atoms with Crippen LogP contribution in [0.15, 0.2) is 30.6 Å². The molecular formula is C18H22Cl2N2O. The molecule has 0 atom stereocenters. The molecule has 0 spiro atoms. The van der Waals surface area contributed by atoms with E-state index in [1.54, 1.807) is 24.5 Å². The maximum atomic E-state index is 6.34. The van der Waals surface area contributed by atoms with E-state index in [4.69, 9.17) is 27.9 Å². The maximum Gasteiger partial charge on any atom is 0.156 e. The Morgan fingerprint density at radius 3 is 2.52 bits per heavy atom. The number of aromatic nitrogens is 2. The molecule has 2 rings (SSSR count). The van der Waals surface area contributed by atoms with Crippen molar-refractivity contribution in [1.82, 2.24) is 9.97 Å². The molecule has 23 heavy (non-hydrogen) atoms. The molecule has 0 bridgehead atoms. The second-order valence-electron chi connectivity index (χ2n) is 6.92. The molecule has 0 saturated carbocycles. The Hall–Kier alpha value is -1.32. The minimum atomic E-state index is 0.0921. The van der Waals surface area contributed by atoms with Crippen molar-refractivity contribution in [2.75, 3.05) is 6.61 Å². The molecule has 0 aliphatic heterocycles. The van der Waals surface area contributed by atoms with Crippen molar-refractivity contribution in [3.05, 3.63) is 40.8 Å². The quantitative estimate of drug-likeness (QED) is 0.606. The molecule has 2 aromatic rings. The van der Waals surface area contributed by atoms with Gasteiger partial charge in [0.15, 0.2) is 5.75 Å². The molecule has 0 saturated heterocycles. The van der Waals surface area contributed by atoms with Crippen LogP contribution in [0, 0.1) is 11.3 Å². The largest absolute Gasteiger partial charge is 0.490 e. The zero-order valence-electron chi connectivity index (χ0n) is 13.9. The highest BCUT2D eigenvalue weighted by Crippen LogP contribution is 2.31. The van der Waals surface area contributed by atoms with Gasteiger partial charge in [0.25, 0.3) is 0 Å². The fourth-order valence-corrected chi connectivity index (χ4v) is 3.06. The minimum Gasteiger partial charge on any atom is -0.490 e. The first-order chi connectivity index (χ1) is 10.8. The highest BCUT2D eigenvalue weighted by Gasteiger charge is 2.21. The summed E-state index contributed by atoms with van der Waals surface area (Å²) in [6.45, 7) is 9.42. The minimum absolute atomic E-state index is 0.0921. The van der Waals surface area contributed by atoms with Gasteiger partial charge in [-0.3, -0.25) is 4.98 Å². The summed E-state index contributed by atoms with van der Waals surface area (Å²) in [6, 6.07) is 5.39. The van der Waals surface area contributed by atoms with Crippen LogP contribution in [0.5, 0.6) is 5.75 Å². The molecule has 0 unspecified atom stereocenters. The lowest BCUT2D eigenvalue weighted by Gasteiger charge is -2.26. The Bertz CT molecular complexity index is 672. The van der Waals surface area contributed by atoms with E-state index in [0.29, 0.717) is 28.5 Å². The zero-order valence-corrected chi connectivity index (χ0v) is 15.4. The van der Waals surface area contributed by atoms with E-state index in [1.807, 2.05) is 6.07 Å². The van der Waals surface area contributed by atoms with Crippen molar-refractivity contribution >= 4 is 23.2 Å². The third-order valence-electron chi connectivity index (χ3n) is 3.42. The van der Waals surface area contributed by atoms with Gasteiger partial charge in [-0.1, -0.05) is 50.9 Å². The van der Waals surface area contributed by atoms with E-state index in [1.165, 1.54) is 0 Å². The van der Waals surface area contributed by atoms with Crippen LogP contribution >= 0.6 is 23.2 Å². The second kappa shape index (κ2) is 7.50. The maximum absolute atomic E-state index is 6.34. The molecule has 3 nitrogen and oxygen atoms in total. The first-order valence-corrected chi connectivity index (χ1v) is 8.43. The summed E-state index contributed by atoms with van der Waals surface area (Å²) in [6.07, 6.45) is 4.40. The molecule has 0 amide bonds. The van der Waals surface area contributed by atoms with E-state index in [-0.39, 0.29) is 5.41 Å². The fourth-order valence-electron chi connectivity index (χ4n) is 2.68. The molecule has 2 heterocycles. The van der Waals surface area contributed by atoms with E-state index in [0.717, 1.165) is 17.7 Å². The molecule has 0 aromatic carbocycles. The van der Waals surface area contributed by atoms with Crippen molar-refractivity contribution in [2.24, 2.45) is 11.3 Å². The lowest BCUT2D eigenvalue weighted by atomic mass is 9.85. The molecule has 0 fully saturated rings. The van der Waals surface area contributed by atoms with Gasteiger partial charge in [-0.25, -0.2) is 4.98 Å². The molecule has 124 valence electrons. The normalized spacial score (nSPS) is 11.8. The third kappa shape index (κ3) is 5.36. The van der Waals surface area contributed by atoms with Gasteiger partial charge >= 0.3 is 0 Å². The SMILES string of the molecule is CC(C)CC(C)(C)COc1cnc(-c2ccnc(Cl)c2)cc1Cl. The fraction of sp³-hybridized carbons (Fsp3) is 0.444. The van der Waals surface area contributed by atoms with Gasteiger partial charge in [-0.05, 0) is 36.0 Å². The van der Waals surface area contributed by atoms with Crippen molar-refractivity contribution in [2.45, 2.75) is 34.1 Å². The standard InChI is InChI=1S/C18H22Cl2N2O/c1-12(2)9-18(3,4)11-23-16-10-22-15(8-14(16)19)13-5-6-21-17(20)7-13/h5-8,10,12H,9,11H2,1-4H3. The van der Waals surface area contributed by atoms with Gasteiger partial charge in [0.05, 0.1) is 23.5 Å². The highest BCUT2D eigenvalue weighted by atomic mass is 35.5. The van der Waals surface area contributed by atoms with E-state index >= 15 is 0 Å². The summed E-state index contributed by atoms with van der Waals surface area (Å²) in [5.74, 6) is 1.23. The van der Waals surface area contributed by atoms with Gasteiger partial charge in [0.2, 0.25) is 0 Å². The Morgan fingerprint density at radius 1 is 1.17 bits per heavy atom. The summed E-state index contributed by atoms with van der Waals surface area (Å²) in [5, 5.41) is 0.972. The van der Waals surface area contributed by atoms with Crippen molar-refractivity contribution in [3.63, 3.8) is 0 Å². The number of hydrogen-bond donors (Lipinski definition) is 0. The average molecular weight is 353 g/mol. The van der Waals surface area contributed by atoms with E-state index in [9.17, 15) is 0 Å². The van der Waals surface area contributed by atoms with Crippen molar-refractivity contribution in [3.8, 4) is 17.0 Å². The summed E-state index contributed by atoms with van der Waals surface area (Å²) >= 11 is 12.3. The number of nitrogens with zero attached hydrogens (tertiary/aromatic N) is 2. The van der Waals surface area contributed by atoms with Gasteiger partial charge in [-0.2, -0.15) is 0 Å². The average Bonchev–Trinajstić information content (AvgIpc) is 2.44. The van der Waals surface area contributed by atoms with Crippen LogP contribution in [0.2, 0.25) is 10.2 Å². The van der Waals surface area contributed by atoms with Gasteiger partial charge in [-0.15, -0.1) is 0 Å². The second-order valence-corrected chi connectivity index (χ2v) is 7.71. The monoisotopic (exact) mass is 352 g/mol. The molecular weight excluding hydrogens is 331 g/mol. The topological polar surface area (TPSA) is 35.0 Å². The van der Waals surface area contributed by atoms with Gasteiger partial charge in [0.1, 0.15) is 5.15 Å². The summed E-state index contributed by atoms with van der Waals surface area (Å²) in [7, 11) is 0. The van der Waals surface area contributed by atoms with Crippen molar-refractivity contribution in [1.29, 1.82) is 0 Å². The smallest absolute Gasteiger partial charge is 0.156 e. The predicted octanol–water partition coefficient (Wildman–Crippen LogP) is 5.90. The van der Waals surface area contributed by atoms with E-state index in [2.05, 4.69) is 37.7 Å². The number of hydrogen-bond acceptors (Lipinski definition) is 3. The molecule has 0 aliphatic rings. The lowest BCUT2D eigenvalue weighted by Crippen LogP contribution is -2.23. The van der Waals surface area contributed by atoms with Crippen LogP contribution in [0.4, 0.5) is 0 Å². The Kier molecular flexibility index (Phi) is 5.88. The molecule has 0 aliphatic carbocycles. The van der Waals surface area contributed by atoms with Crippen LogP contribution in [-0.4, -0.2) is 16.6 Å². The van der Waals surface area contributed by atoms with Crippen LogP contribution in [-0.2, 0) is 0 Å².